The molecule has 0 radical (unpaired) electrons. The third kappa shape index (κ3) is 5.32. The van der Waals surface area contributed by atoms with Gasteiger partial charge in [-0.25, -0.2) is 4.39 Å². The minimum Gasteiger partial charge on any atom is -0.491 e. The van der Waals surface area contributed by atoms with Gasteiger partial charge in [0, 0.05) is 6.07 Å². The summed E-state index contributed by atoms with van der Waals surface area (Å²) in [5.74, 6) is -0.130. The third-order valence-corrected chi connectivity index (χ3v) is 1.89. The molecule has 0 unspecified atom stereocenters. The maximum Gasteiger partial charge on any atom is 0.128 e. The Morgan fingerprint density at radius 3 is 2.53 bits per heavy atom. The largest absolute Gasteiger partial charge is 0.491 e. The summed E-state index contributed by atoms with van der Waals surface area (Å²) in [6.45, 7) is 6.59. The molecule has 0 aliphatic rings. The number of hydrogen-bond acceptors (Lipinski definition) is 3. The number of hydrogen-bond donors (Lipinski definition) is 0. The second kappa shape index (κ2) is 5.65. The molecule has 0 fully saturated rings. The van der Waals surface area contributed by atoms with Crippen molar-refractivity contribution >= 4 is 0 Å². The Bertz CT molecular complexity index is 418. The maximum atomic E-state index is 13.1. The van der Waals surface area contributed by atoms with Gasteiger partial charge in [-0.15, -0.1) is 0 Å². The van der Waals surface area contributed by atoms with Gasteiger partial charge in [0.1, 0.15) is 18.2 Å². The van der Waals surface area contributed by atoms with Crippen LogP contribution in [0, 0.1) is 17.1 Å². The molecule has 17 heavy (non-hydrogen) atoms. The molecule has 0 atom stereocenters. The van der Waals surface area contributed by atoms with Gasteiger partial charge in [0.15, 0.2) is 0 Å². The van der Waals surface area contributed by atoms with E-state index in [4.69, 9.17) is 14.7 Å². The Kier molecular flexibility index (Phi) is 4.47. The van der Waals surface area contributed by atoms with Gasteiger partial charge in [-0.05, 0) is 32.9 Å². The van der Waals surface area contributed by atoms with E-state index in [2.05, 4.69) is 0 Å². The second-order valence-electron chi connectivity index (χ2n) is 4.60. The zero-order valence-corrected chi connectivity index (χ0v) is 10.3. The number of nitrogens with zero attached hydrogens (tertiary/aromatic N) is 1. The van der Waals surface area contributed by atoms with Crippen molar-refractivity contribution in [1.82, 2.24) is 0 Å². The van der Waals surface area contributed by atoms with Crippen molar-refractivity contribution in [2.24, 2.45) is 0 Å². The Labute approximate surface area is 101 Å². The van der Waals surface area contributed by atoms with Gasteiger partial charge >= 0.3 is 0 Å². The maximum absolute atomic E-state index is 13.1. The first-order chi connectivity index (χ1) is 7.90. The molecule has 92 valence electrons. The number of halogens is 1. The minimum atomic E-state index is -0.476. The highest BCUT2D eigenvalue weighted by Crippen LogP contribution is 2.16. The highest BCUT2D eigenvalue weighted by Gasteiger charge is 2.09. The summed E-state index contributed by atoms with van der Waals surface area (Å²) >= 11 is 0. The van der Waals surface area contributed by atoms with Crippen LogP contribution in [0.4, 0.5) is 4.39 Å². The lowest BCUT2D eigenvalue weighted by atomic mass is 10.2. The number of benzene rings is 1. The van der Waals surface area contributed by atoms with E-state index in [0.717, 1.165) is 0 Å². The van der Waals surface area contributed by atoms with Crippen LogP contribution in [-0.4, -0.2) is 18.8 Å². The summed E-state index contributed by atoms with van der Waals surface area (Å²) in [6.07, 6.45) is 0. The summed E-state index contributed by atoms with van der Waals surface area (Å²) in [6, 6.07) is 5.78. The SMILES string of the molecule is CC(C)(C)OCCOc1cc(F)cc(C#N)c1. The first-order valence-electron chi connectivity index (χ1n) is 5.38. The zero-order valence-electron chi connectivity index (χ0n) is 10.3. The fourth-order valence-electron chi connectivity index (χ4n) is 1.22. The van der Waals surface area contributed by atoms with E-state index in [0.29, 0.717) is 19.0 Å². The quantitative estimate of drug-likeness (QED) is 0.756. The van der Waals surface area contributed by atoms with E-state index >= 15 is 0 Å². The molecule has 1 aromatic rings. The number of rotatable bonds is 4. The second-order valence-corrected chi connectivity index (χ2v) is 4.60. The predicted molar refractivity (Wildman–Crippen MR) is 62.3 cm³/mol. The zero-order chi connectivity index (χ0) is 12.9. The van der Waals surface area contributed by atoms with Gasteiger partial charge in [0.25, 0.3) is 0 Å². The third-order valence-electron chi connectivity index (χ3n) is 1.89. The summed E-state index contributed by atoms with van der Waals surface area (Å²) in [5, 5.41) is 8.67. The lowest BCUT2D eigenvalue weighted by Crippen LogP contribution is -2.22. The van der Waals surface area contributed by atoms with Gasteiger partial charge in [-0.3, -0.25) is 0 Å². The normalized spacial score (nSPS) is 11.0. The Balaban J connectivity index is 2.47. The molecule has 1 aromatic carbocycles. The minimum absolute atomic E-state index is 0.219. The van der Waals surface area contributed by atoms with Gasteiger partial charge in [0.2, 0.25) is 0 Å². The van der Waals surface area contributed by atoms with E-state index in [1.165, 1.54) is 18.2 Å². The van der Waals surface area contributed by atoms with Crippen LogP contribution < -0.4 is 4.74 Å². The lowest BCUT2D eigenvalue weighted by Gasteiger charge is -2.19. The molecule has 0 saturated carbocycles. The fourth-order valence-corrected chi connectivity index (χ4v) is 1.22. The van der Waals surface area contributed by atoms with Gasteiger partial charge in [-0.2, -0.15) is 5.26 Å². The van der Waals surface area contributed by atoms with Crippen LogP contribution >= 0.6 is 0 Å². The predicted octanol–water partition coefficient (Wildman–Crippen LogP) is 2.89. The fraction of sp³-hybridized carbons (Fsp3) is 0.462. The van der Waals surface area contributed by atoms with Gasteiger partial charge < -0.3 is 9.47 Å². The van der Waals surface area contributed by atoms with Gasteiger partial charge in [0.05, 0.1) is 23.8 Å². The molecule has 0 N–H and O–H groups in total. The van der Waals surface area contributed by atoms with Gasteiger partial charge in [-0.1, -0.05) is 0 Å². The van der Waals surface area contributed by atoms with Crippen LogP contribution in [0.1, 0.15) is 26.3 Å². The molecule has 1 rings (SSSR count). The summed E-state index contributed by atoms with van der Waals surface area (Å²) in [5.41, 5.74) is 0.0278. The molecule has 0 bridgehead atoms. The summed E-state index contributed by atoms with van der Waals surface area (Å²) < 4.78 is 23.8. The van der Waals surface area contributed by atoms with E-state index in [9.17, 15) is 4.39 Å². The number of ether oxygens (including phenoxy) is 2. The van der Waals surface area contributed by atoms with E-state index in [1.54, 1.807) is 0 Å². The number of nitriles is 1. The van der Waals surface area contributed by atoms with Crippen LogP contribution in [0.15, 0.2) is 18.2 Å². The molecule has 0 saturated heterocycles. The highest BCUT2D eigenvalue weighted by molar-refractivity contribution is 5.36. The van der Waals surface area contributed by atoms with Crippen LogP contribution in [-0.2, 0) is 4.74 Å². The van der Waals surface area contributed by atoms with Crippen molar-refractivity contribution in [1.29, 1.82) is 5.26 Å². The molecule has 0 aliphatic carbocycles. The average molecular weight is 237 g/mol. The van der Waals surface area contributed by atoms with E-state index in [-0.39, 0.29) is 11.2 Å². The van der Waals surface area contributed by atoms with Crippen molar-refractivity contribution in [2.75, 3.05) is 13.2 Å². The van der Waals surface area contributed by atoms with Crippen molar-refractivity contribution in [3.8, 4) is 11.8 Å². The smallest absolute Gasteiger partial charge is 0.128 e. The Hall–Kier alpha value is -1.60. The molecule has 0 aliphatic heterocycles. The molecule has 3 nitrogen and oxygen atoms in total. The lowest BCUT2D eigenvalue weighted by molar-refractivity contribution is -0.0163. The average Bonchev–Trinajstić information content (AvgIpc) is 2.22. The molecule has 4 heteroatoms. The molecular formula is C13H16FNO2. The molecular weight excluding hydrogens is 221 g/mol. The monoisotopic (exact) mass is 237 g/mol. The Morgan fingerprint density at radius 2 is 1.94 bits per heavy atom. The highest BCUT2D eigenvalue weighted by atomic mass is 19.1. The summed E-state index contributed by atoms with van der Waals surface area (Å²) in [4.78, 5) is 0. The van der Waals surface area contributed by atoms with E-state index in [1.807, 2.05) is 26.8 Å². The standard InChI is InChI=1S/C13H16FNO2/c1-13(2,3)17-5-4-16-12-7-10(9-15)6-11(14)8-12/h6-8H,4-5H2,1-3H3. The van der Waals surface area contributed by atoms with Crippen molar-refractivity contribution in [2.45, 2.75) is 26.4 Å². The molecule has 0 aromatic heterocycles. The van der Waals surface area contributed by atoms with Crippen molar-refractivity contribution in [3.63, 3.8) is 0 Å². The van der Waals surface area contributed by atoms with Crippen LogP contribution in [0.2, 0.25) is 0 Å². The van der Waals surface area contributed by atoms with Crippen LogP contribution in [0.25, 0.3) is 0 Å². The molecule has 0 amide bonds. The van der Waals surface area contributed by atoms with Crippen molar-refractivity contribution in [3.05, 3.63) is 29.6 Å². The molecule has 0 spiro atoms. The Morgan fingerprint density at radius 1 is 1.24 bits per heavy atom. The van der Waals surface area contributed by atoms with Crippen molar-refractivity contribution < 1.29 is 13.9 Å². The van der Waals surface area contributed by atoms with Crippen LogP contribution in [0.5, 0.6) is 5.75 Å². The molecule has 0 heterocycles. The van der Waals surface area contributed by atoms with Crippen LogP contribution in [0.3, 0.4) is 0 Å². The summed E-state index contributed by atoms with van der Waals surface area (Å²) in [7, 11) is 0. The first-order valence-corrected chi connectivity index (χ1v) is 5.38. The van der Waals surface area contributed by atoms with E-state index < -0.39 is 5.82 Å². The topological polar surface area (TPSA) is 42.2 Å². The first kappa shape index (κ1) is 13.5.